The fourth-order valence-corrected chi connectivity index (χ4v) is 1.86. The zero-order chi connectivity index (χ0) is 8.48. The zero-order valence-electron chi connectivity index (χ0n) is 7.98. The largest absolute Gasteiger partial charge is 0.378 e. The van der Waals surface area contributed by atoms with E-state index in [0.717, 1.165) is 13.0 Å². The van der Waals surface area contributed by atoms with E-state index < -0.39 is 0 Å². The molecule has 0 aromatic heterocycles. The van der Waals surface area contributed by atoms with Crippen LogP contribution in [0.2, 0.25) is 0 Å². The van der Waals surface area contributed by atoms with E-state index in [-0.39, 0.29) is 0 Å². The van der Waals surface area contributed by atoms with Crippen molar-refractivity contribution in [2.75, 3.05) is 13.7 Å². The predicted molar refractivity (Wildman–Crippen MR) is 46.7 cm³/mol. The Labute approximate surface area is 69.3 Å². The Balaban J connectivity index is 2.40. The SMILES string of the molecule is CCO[C@@H]1C[C@@H](NC)C1(C)C. The molecule has 0 aromatic rings. The first-order valence-electron chi connectivity index (χ1n) is 4.41. The third-order valence-corrected chi connectivity index (χ3v) is 2.89. The summed E-state index contributed by atoms with van der Waals surface area (Å²) in [5.74, 6) is 0. The van der Waals surface area contributed by atoms with Gasteiger partial charge in [0.1, 0.15) is 0 Å². The lowest BCUT2D eigenvalue weighted by Gasteiger charge is -2.51. The van der Waals surface area contributed by atoms with Crippen molar-refractivity contribution in [3.63, 3.8) is 0 Å². The van der Waals surface area contributed by atoms with Crippen LogP contribution in [0, 0.1) is 5.41 Å². The highest BCUT2D eigenvalue weighted by atomic mass is 16.5. The van der Waals surface area contributed by atoms with Gasteiger partial charge in [-0.15, -0.1) is 0 Å². The second-order valence-electron chi connectivity index (χ2n) is 3.84. The van der Waals surface area contributed by atoms with Gasteiger partial charge in [0.15, 0.2) is 0 Å². The number of ether oxygens (including phenoxy) is 1. The highest BCUT2D eigenvalue weighted by Gasteiger charge is 2.47. The van der Waals surface area contributed by atoms with Gasteiger partial charge >= 0.3 is 0 Å². The molecule has 1 aliphatic rings. The lowest BCUT2D eigenvalue weighted by atomic mass is 9.64. The second-order valence-corrected chi connectivity index (χ2v) is 3.84. The molecule has 2 atom stereocenters. The quantitative estimate of drug-likeness (QED) is 0.669. The van der Waals surface area contributed by atoms with E-state index in [1.807, 2.05) is 7.05 Å². The molecule has 1 rings (SSSR count). The minimum atomic E-state index is 0.324. The zero-order valence-corrected chi connectivity index (χ0v) is 7.98. The molecule has 0 heterocycles. The first-order valence-corrected chi connectivity index (χ1v) is 4.41. The van der Waals surface area contributed by atoms with Crippen LogP contribution in [0.4, 0.5) is 0 Å². The molecule has 11 heavy (non-hydrogen) atoms. The van der Waals surface area contributed by atoms with E-state index in [2.05, 4.69) is 26.1 Å². The minimum absolute atomic E-state index is 0.324. The number of rotatable bonds is 3. The Kier molecular flexibility index (Phi) is 2.55. The van der Waals surface area contributed by atoms with E-state index in [1.165, 1.54) is 0 Å². The molecule has 1 fully saturated rings. The maximum absolute atomic E-state index is 5.59. The van der Waals surface area contributed by atoms with Gasteiger partial charge in [0.2, 0.25) is 0 Å². The molecule has 0 unspecified atom stereocenters. The van der Waals surface area contributed by atoms with Crippen molar-refractivity contribution in [3.8, 4) is 0 Å². The van der Waals surface area contributed by atoms with Crippen LogP contribution < -0.4 is 5.32 Å². The summed E-state index contributed by atoms with van der Waals surface area (Å²) >= 11 is 0. The van der Waals surface area contributed by atoms with Crippen LogP contribution in [0.15, 0.2) is 0 Å². The molecule has 2 nitrogen and oxygen atoms in total. The summed E-state index contributed by atoms with van der Waals surface area (Å²) in [7, 11) is 2.02. The molecule has 0 amide bonds. The highest BCUT2D eigenvalue weighted by molar-refractivity contribution is 5.01. The molecular formula is C9H19NO. The van der Waals surface area contributed by atoms with Gasteiger partial charge in [0.05, 0.1) is 6.10 Å². The van der Waals surface area contributed by atoms with Crippen LogP contribution in [0.1, 0.15) is 27.2 Å². The molecule has 2 heteroatoms. The van der Waals surface area contributed by atoms with Crippen LogP contribution in [-0.4, -0.2) is 25.8 Å². The van der Waals surface area contributed by atoms with E-state index in [4.69, 9.17) is 4.74 Å². The summed E-state index contributed by atoms with van der Waals surface area (Å²) in [6.45, 7) is 7.42. The van der Waals surface area contributed by atoms with Crippen LogP contribution >= 0.6 is 0 Å². The molecule has 0 spiro atoms. The maximum Gasteiger partial charge on any atom is 0.0655 e. The Hall–Kier alpha value is -0.0800. The number of hydrogen-bond acceptors (Lipinski definition) is 2. The van der Waals surface area contributed by atoms with Crippen molar-refractivity contribution in [2.45, 2.75) is 39.3 Å². The van der Waals surface area contributed by atoms with Crippen LogP contribution in [0.5, 0.6) is 0 Å². The Bertz CT molecular complexity index is 134. The highest BCUT2D eigenvalue weighted by Crippen LogP contribution is 2.42. The molecule has 1 aliphatic carbocycles. The van der Waals surface area contributed by atoms with E-state index in [9.17, 15) is 0 Å². The maximum atomic E-state index is 5.59. The van der Waals surface area contributed by atoms with Gasteiger partial charge in [0.25, 0.3) is 0 Å². The lowest BCUT2D eigenvalue weighted by molar-refractivity contribution is -0.112. The molecule has 1 saturated carbocycles. The fraction of sp³-hybridized carbons (Fsp3) is 1.00. The average molecular weight is 157 g/mol. The van der Waals surface area contributed by atoms with Gasteiger partial charge in [-0.2, -0.15) is 0 Å². The smallest absolute Gasteiger partial charge is 0.0655 e. The van der Waals surface area contributed by atoms with Crippen molar-refractivity contribution in [1.82, 2.24) is 5.32 Å². The van der Waals surface area contributed by atoms with Crippen LogP contribution in [0.25, 0.3) is 0 Å². The van der Waals surface area contributed by atoms with Crippen molar-refractivity contribution < 1.29 is 4.74 Å². The molecular weight excluding hydrogens is 138 g/mol. The molecule has 0 aromatic carbocycles. The summed E-state index contributed by atoms with van der Waals surface area (Å²) in [6, 6.07) is 0.638. The predicted octanol–water partition coefficient (Wildman–Crippen LogP) is 1.41. The molecule has 0 bridgehead atoms. The molecule has 66 valence electrons. The van der Waals surface area contributed by atoms with Crippen molar-refractivity contribution in [1.29, 1.82) is 0 Å². The van der Waals surface area contributed by atoms with E-state index in [0.29, 0.717) is 17.6 Å². The first-order chi connectivity index (χ1) is 5.12. The fourth-order valence-electron chi connectivity index (χ4n) is 1.86. The minimum Gasteiger partial charge on any atom is -0.378 e. The Morgan fingerprint density at radius 1 is 1.55 bits per heavy atom. The van der Waals surface area contributed by atoms with Crippen molar-refractivity contribution >= 4 is 0 Å². The molecule has 0 aliphatic heterocycles. The summed E-state index contributed by atoms with van der Waals surface area (Å²) in [5, 5.41) is 3.30. The van der Waals surface area contributed by atoms with Crippen molar-refractivity contribution in [3.05, 3.63) is 0 Å². The average Bonchev–Trinajstić information content (AvgIpc) is 1.97. The topological polar surface area (TPSA) is 21.3 Å². The van der Waals surface area contributed by atoms with Gasteiger partial charge in [-0.3, -0.25) is 0 Å². The van der Waals surface area contributed by atoms with E-state index in [1.54, 1.807) is 0 Å². The van der Waals surface area contributed by atoms with Gasteiger partial charge in [0, 0.05) is 18.1 Å². The van der Waals surface area contributed by atoms with Crippen LogP contribution in [0.3, 0.4) is 0 Å². The van der Waals surface area contributed by atoms with Gasteiger partial charge < -0.3 is 10.1 Å². The third kappa shape index (κ3) is 1.42. The summed E-state index contributed by atoms with van der Waals surface area (Å²) in [5.41, 5.74) is 0.324. The lowest BCUT2D eigenvalue weighted by Crippen LogP contribution is -2.60. The standard InChI is InChI=1S/C9H19NO/c1-5-11-8-6-7(10-4)9(8,2)3/h7-8,10H,5-6H2,1-4H3/t7-,8-/m1/s1. The monoisotopic (exact) mass is 157 g/mol. The van der Waals surface area contributed by atoms with E-state index >= 15 is 0 Å². The molecule has 1 N–H and O–H groups in total. The Morgan fingerprint density at radius 2 is 2.18 bits per heavy atom. The van der Waals surface area contributed by atoms with Gasteiger partial charge in [-0.05, 0) is 20.4 Å². The van der Waals surface area contributed by atoms with Crippen LogP contribution in [-0.2, 0) is 4.74 Å². The Morgan fingerprint density at radius 3 is 2.55 bits per heavy atom. The second kappa shape index (κ2) is 3.11. The number of hydrogen-bond donors (Lipinski definition) is 1. The summed E-state index contributed by atoms with van der Waals surface area (Å²) < 4.78 is 5.59. The first kappa shape index (κ1) is 9.01. The summed E-state index contributed by atoms with van der Waals surface area (Å²) in [6.07, 6.45) is 1.63. The molecule has 0 saturated heterocycles. The van der Waals surface area contributed by atoms with Gasteiger partial charge in [-0.25, -0.2) is 0 Å². The normalized spacial score (nSPS) is 34.9. The number of nitrogens with one attached hydrogen (secondary N) is 1. The third-order valence-electron chi connectivity index (χ3n) is 2.89. The molecule has 0 radical (unpaired) electrons. The van der Waals surface area contributed by atoms with Gasteiger partial charge in [-0.1, -0.05) is 13.8 Å². The van der Waals surface area contributed by atoms with Crippen molar-refractivity contribution in [2.24, 2.45) is 5.41 Å². The summed E-state index contributed by atoms with van der Waals surface area (Å²) in [4.78, 5) is 0.